The maximum atomic E-state index is 4.71. The van der Waals surface area contributed by atoms with Crippen LogP contribution in [0.25, 0.3) is 0 Å². The highest BCUT2D eigenvalue weighted by Gasteiger charge is 2.10. The van der Waals surface area contributed by atoms with Crippen LogP contribution in [0.4, 0.5) is 0 Å². The predicted molar refractivity (Wildman–Crippen MR) is 110 cm³/mol. The highest BCUT2D eigenvalue weighted by atomic mass is 15.3. The number of nitrogens with zero attached hydrogens (tertiary/aromatic N) is 4. The van der Waals surface area contributed by atoms with Crippen molar-refractivity contribution in [3.8, 4) is 0 Å². The molecule has 1 fully saturated rings. The summed E-state index contributed by atoms with van der Waals surface area (Å²) in [7, 11) is 1.95. The highest BCUT2D eigenvalue weighted by molar-refractivity contribution is 5.79. The Balaban J connectivity index is 1.52. The smallest absolute Gasteiger partial charge is 0.191 e. The lowest BCUT2D eigenvalue weighted by atomic mass is 10.1. The zero-order valence-electron chi connectivity index (χ0n) is 16.6. The summed E-state index contributed by atoms with van der Waals surface area (Å²) in [6, 6.07) is 10.9. The van der Waals surface area contributed by atoms with Crippen molar-refractivity contribution in [3.63, 3.8) is 0 Å². The van der Waals surface area contributed by atoms with E-state index in [-0.39, 0.29) is 0 Å². The Bertz CT molecular complexity index is 713. The van der Waals surface area contributed by atoms with E-state index in [9.17, 15) is 0 Å². The largest absolute Gasteiger partial charge is 0.357 e. The molecule has 0 amide bonds. The molecule has 0 aliphatic carbocycles. The average Bonchev–Trinajstić information content (AvgIpc) is 3.11. The summed E-state index contributed by atoms with van der Waals surface area (Å²) in [5, 5.41) is 10.9. The van der Waals surface area contributed by atoms with Gasteiger partial charge in [-0.25, -0.2) is 4.99 Å². The Labute approximate surface area is 162 Å². The Morgan fingerprint density at radius 2 is 1.78 bits per heavy atom. The summed E-state index contributed by atoms with van der Waals surface area (Å²) in [4.78, 5) is 7.27. The van der Waals surface area contributed by atoms with Crippen molar-refractivity contribution in [3.05, 3.63) is 53.3 Å². The molecule has 0 spiro atoms. The van der Waals surface area contributed by atoms with E-state index >= 15 is 0 Å². The van der Waals surface area contributed by atoms with Crippen LogP contribution in [0.1, 0.15) is 43.0 Å². The predicted octanol–water partition coefficient (Wildman–Crippen LogP) is 2.66. The molecular weight excluding hydrogens is 336 g/mol. The molecule has 1 aliphatic heterocycles. The third kappa shape index (κ3) is 6.10. The number of aryl methyl sites for hydroxylation is 1. The number of nitrogens with one attached hydrogen (secondary N) is 2. The Kier molecular flexibility index (Phi) is 7.27. The lowest BCUT2D eigenvalue weighted by Crippen LogP contribution is -2.37. The molecule has 27 heavy (non-hydrogen) atoms. The molecule has 6 heteroatoms. The fraction of sp³-hybridized carbons (Fsp3) is 0.524. The number of likely N-dealkylation sites (tertiary alicyclic amines) is 1. The number of hydrogen-bond donors (Lipinski definition) is 2. The SMILES string of the molecule is CCNC(=NCc1ccc(CN2CCCCC2)cc1)NCc1ccnn1C. The van der Waals surface area contributed by atoms with E-state index in [0.717, 1.165) is 24.7 Å². The number of benzene rings is 1. The lowest BCUT2D eigenvalue weighted by molar-refractivity contribution is 0.221. The van der Waals surface area contributed by atoms with Gasteiger partial charge in [-0.05, 0) is 50.0 Å². The van der Waals surface area contributed by atoms with Crippen LogP contribution < -0.4 is 10.6 Å². The van der Waals surface area contributed by atoms with Gasteiger partial charge in [0.15, 0.2) is 5.96 Å². The molecule has 0 atom stereocenters. The van der Waals surface area contributed by atoms with Gasteiger partial charge >= 0.3 is 0 Å². The molecule has 2 N–H and O–H groups in total. The molecule has 1 saturated heterocycles. The number of aromatic nitrogens is 2. The van der Waals surface area contributed by atoms with Crippen molar-refractivity contribution < 1.29 is 0 Å². The van der Waals surface area contributed by atoms with Crippen molar-refractivity contribution in [2.24, 2.45) is 12.0 Å². The molecule has 0 unspecified atom stereocenters. The summed E-state index contributed by atoms with van der Waals surface area (Å²) in [5.41, 5.74) is 3.75. The molecule has 2 heterocycles. The van der Waals surface area contributed by atoms with E-state index in [1.807, 2.05) is 24.0 Å². The monoisotopic (exact) mass is 368 g/mol. The van der Waals surface area contributed by atoms with E-state index < -0.39 is 0 Å². The molecule has 6 nitrogen and oxygen atoms in total. The number of guanidine groups is 1. The van der Waals surface area contributed by atoms with E-state index in [4.69, 9.17) is 4.99 Å². The van der Waals surface area contributed by atoms with Gasteiger partial charge in [-0.3, -0.25) is 9.58 Å². The van der Waals surface area contributed by atoms with E-state index in [1.165, 1.54) is 43.5 Å². The van der Waals surface area contributed by atoms with E-state index in [2.05, 4.69) is 51.8 Å². The minimum absolute atomic E-state index is 0.671. The van der Waals surface area contributed by atoms with Gasteiger partial charge in [-0.2, -0.15) is 5.10 Å². The second-order valence-electron chi connectivity index (χ2n) is 7.15. The molecular formula is C21H32N6. The molecule has 2 aromatic rings. The molecule has 0 saturated carbocycles. The van der Waals surface area contributed by atoms with Gasteiger partial charge in [0, 0.05) is 26.3 Å². The summed E-state index contributed by atoms with van der Waals surface area (Å²) < 4.78 is 1.87. The van der Waals surface area contributed by atoms with Crippen molar-refractivity contribution in [1.29, 1.82) is 0 Å². The first-order valence-corrected chi connectivity index (χ1v) is 10.0. The van der Waals surface area contributed by atoms with Gasteiger partial charge in [0.2, 0.25) is 0 Å². The first-order chi connectivity index (χ1) is 13.2. The van der Waals surface area contributed by atoms with Gasteiger partial charge in [0.05, 0.1) is 18.8 Å². The van der Waals surface area contributed by atoms with Crippen LogP contribution in [0.5, 0.6) is 0 Å². The van der Waals surface area contributed by atoms with Gasteiger partial charge in [0.25, 0.3) is 0 Å². The number of piperidine rings is 1. The van der Waals surface area contributed by atoms with Crippen LogP contribution in [0.3, 0.4) is 0 Å². The zero-order chi connectivity index (χ0) is 18.9. The lowest BCUT2D eigenvalue weighted by Gasteiger charge is -2.26. The van der Waals surface area contributed by atoms with Crippen LogP contribution in [0, 0.1) is 0 Å². The molecule has 1 aliphatic rings. The Morgan fingerprint density at radius 1 is 1.04 bits per heavy atom. The minimum Gasteiger partial charge on any atom is -0.357 e. The summed E-state index contributed by atoms with van der Waals surface area (Å²) in [5.74, 6) is 0.830. The molecule has 0 bridgehead atoms. The summed E-state index contributed by atoms with van der Waals surface area (Å²) in [6.45, 7) is 7.84. The van der Waals surface area contributed by atoms with Gasteiger partial charge in [0.1, 0.15) is 0 Å². The Hall–Kier alpha value is -2.34. The Morgan fingerprint density at radius 3 is 2.44 bits per heavy atom. The molecule has 1 aromatic heterocycles. The van der Waals surface area contributed by atoms with Gasteiger partial charge < -0.3 is 10.6 Å². The van der Waals surface area contributed by atoms with Crippen LogP contribution >= 0.6 is 0 Å². The second kappa shape index (κ2) is 10.1. The van der Waals surface area contributed by atoms with E-state index in [0.29, 0.717) is 13.1 Å². The van der Waals surface area contributed by atoms with Crippen LogP contribution in [0.2, 0.25) is 0 Å². The molecule has 3 rings (SSSR count). The van der Waals surface area contributed by atoms with Crippen LogP contribution in [-0.4, -0.2) is 40.3 Å². The topological polar surface area (TPSA) is 57.5 Å². The average molecular weight is 369 g/mol. The standard InChI is InChI=1S/C21H32N6/c1-3-22-21(24-16-20-11-12-25-26(20)2)23-15-18-7-9-19(10-8-18)17-27-13-5-4-6-14-27/h7-12H,3-6,13-17H2,1-2H3,(H2,22,23,24). The third-order valence-corrected chi connectivity index (χ3v) is 5.00. The van der Waals surface area contributed by atoms with Crippen molar-refractivity contribution in [2.75, 3.05) is 19.6 Å². The summed E-state index contributed by atoms with van der Waals surface area (Å²) in [6.07, 6.45) is 5.88. The molecule has 1 aromatic carbocycles. The van der Waals surface area contributed by atoms with Crippen LogP contribution in [-0.2, 0) is 26.7 Å². The van der Waals surface area contributed by atoms with Gasteiger partial charge in [-0.15, -0.1) is 0 Å². The zero-order valence-corrected chi connectivity index (χ0v) is 16.6. The minimum atomic E-state index is 0.671. The van der Waals surface area contributed by atoms with E-state index in [1.54, 1.807) is 0 Å². The van der Waals surface area contributed by atoms with Crippen LogP contribution in [0.15, 0.2) is 41.5 Å². The second-order valence-corrected chi connectivity index (χ2v) is 7.15. The highest BCUT2D eigenvalue weighted by Crippen LogP contribution is 2.14. The van der Waals surface area contributed by atoms with Crippen molar-refractivity contribution in [2.45, 2.75) is 45.8 Å². The van der Waals surface area contributed by atoms with Crippen molar-refractivity contribution in [1.82, 2.24) is 25.3 Å². The fourth-order valence-electron chi connectivity index (χ4n) is 3.39. The first-order valence-electron chi connectivity index (χ1n) is 10.0. The summed E-state index contributed by atoms with van der Waals surface area (Å²) >= 11 is 0. The van der Waals surface area contributed by atoms with Crippen molar-refractivity contribution >= 4 is 5.96 Å². The normalized spacial score (nSPS) is 15.7. The molecule has 0 radical (unpaired) electrons. The molecule has 146 valence electrons. The first kappa shape index (κ1) is 19.4. The fourth-order valence-corrected chi connectivity index (χ4v) is 3.39. The third-order valence-electron chi connectivity index (χ3n) is 5.00. The number of rotatable bonds is 7. The quantitative estimate of drug-likeness (QED) is 0.583. The maximum Gasteiger partial charge on any atom is 0.191 e. The number of hydrogen-bond acceptors (Lipinski definition) is 3. The number of aliphatic imine (C=N–C) groups is 1. The van der Waals surface area contributed by atoms with Gasteiger partial charge in [-0.1, -0.05) is 30.7 Å². The maximum absolute atomic E-state index is 4.71.